The normalized spacial score (nSPS) is 10.9. The molecule has 122 valence electrons. The van der Waals surface area contributed by atoms with Gasteiger partial charge in [-0.05, 0) is 35.9 Å². The average Bonchev–Trinajstić information content (AvgIpc) is 2.65. The second kappa shape index (κ2) is 6.49. The maximum Gasteiger partial charge on any atom is 0.261 e. The Hall–Kier alpha value is -2.98. The van der Waals surface area contributed by atoms with Gasteiger partial charge in [-0.2, -0.15) is 0 Å². The van der Waals surface area contributed by atoms with Crippen LogP contribution in [-0.4, -0.2) is 14.5 Å². The Morgan fingerprint density at radius 2 is 1.76 bits per heavy atom. The third-order valence-electron chi connectivity index (χ3n) is 4.04. The molecule has 0 fully saturated rings. The van der Waals surface area contributed by atoms with Crippen LogP contribution in [-0.2, 0) is 6.54 Å². The molecule has 2 aromatic carbocycles. The molecule has 0 radical (unpaired) electrons. The zero-order valence-corrected chi connectivity index (χ0v) is 14.0. The van der Waals surface area contributed by atoms with Crippen molar-refractivity contribution in [2.24, 2.45) is 0 Å². The van der Waals surface area contributed by atoms with Gasteiger partial charge in [-0.15, -0.1) is 0 Å². The highest BCUT2D eigenvalue weighted by Gasteiger charge is 2.15. The number of fused-ring (bicyclic) bond motifs is 1. The molecule has 0 aliphatic rings. The van der Waals surface area contributed by atoms with Crippen molar-refractivity contribution in [1.82, 2.24) is 14.5 Å². The van der Waals surface area contributed by atoms with Crippen molar-refractivity contribution < 1.29 is 0 Å². The minimum absolute atomic E-state index is 0.0932. The summed E-state index contributed by atoms with van der Waals surface area (Å²) >= 11 is 6.37. The molecule has 0 atom stereocenters. The molecule has 25 heavy (non-hydrogen) atoms. The number of hydrogen-bond donors (Lipinski definition) is 0. The van der Waals surface area contributed by atoms with Gasteiger partial charge in [0.05, 0.1) is 22.5 Å². The molecule has 0 spiro atoms. The zero-order valence-electron chi connectivity index (χ0n) is 13.3. The number of benzene rings is 2. The van der Waals surface area contributed by atoms with E-state index in [1.165, 1.54) is 0 Å². The molecule has 0 unspecified atom stereocenters. The van der Waals surface area contributed by atoms with E-state index in [1.807, 2.05) is 48.5 Å². The van der Waals surface area contributed by atoms with E-state index in [1.54, 1.807) is 29.1 Å². The Morgan fingerprint density at radius 3 is 2.56 bits per heavy atom. The van der Waals surface area contributed by atoms with Gasteiger partial charge in [-0.3, -0.25) is 14.3 Å². The monoisotopic (exact) mass is 347 g/mol. The lowest BCUT2D eigenvalue weighted by Gasteiger charge is -2.14. The molecule has 0 aliphatic carbocycles. The van der Waals surface area contributed by atoms with Crippen LogP contribution in [0.5, 0.6) is 0 Å². The second-order valence-corrected chi connectivity index (χ2v) is 6.09. The Kier molecular flexibility index (Phi) is 4.04. The molecule has 0 saturated carbocycles. The summed E-state index contributed by atoms with van der Waals surface area (Å²) in [5, 5.41) is 1.15. The summed E-state index contributed by atoms with van der Waals surface area (Å²) in [5.74, 6) is 0.554. The predicted molar refractivity (Wildman–Crippen MR) is 99.8 cm³/mol. The van der Waals surface area contributed by atoms with Gasteiger partial charge in [0, 0.05) is 18.0 Å². The number of rotatable bonds is 3. The minimum atomic E-state index is -0.0932. The van der Waals surface area contributed by atoms with Gasteiger partial charge in [-0.25, -0.2) is 4.98 Å². The highest BCUT2D eigenvalue weighted by Crippen LogP contribution is 2.27. The maximum atomic E-state index is 13.1. The van der Waals surface area contributed by atoms with E-state index in [-0.39, 0.29) is 5.56 Å². The number of aromatic nitrogens is 3. The van der Waals surface area contributed by atoms with E-state index >= 15 is 0 Å². The summed E-state index contributed by atoms with van der Waals surface area (Å²) in [6.07, 6.45) is 3.46. The van der Waals surface area contributed by atoms with Crippen LogP contribution in [0.15, 0.2) is 77.9 Å². The van der Waals surface area contributed by atoms with Gasteiger partial charge in [0.25, 0.3) is 5.56 Å². The molecule has 4 aromatic rings. The van der Waals surface area contributed by atoms with Crippen LogP contribution >= 0.6 is 11.6 Å². The van der Waals surface area contributed by atoms with E-state index in [9.17, 15) is 4.79 Å². The molecular weight excluding hydrogens is 334 g/mol. The minimum Gasteiger partial charge on any atom is -0.288 e. The molecular formula is C20H14ClN3O. The first-order valence-corrected chi connectivity index (χ1v) is 8.25. The molecule has 4 nitrogen and oxygen atoms in total. The lowest BCUT2D eigenvalue weighted by atomic mass is 10.1. The first-order chi connectivity index (χ1) is 12.2. The molecule has 5 heteroatoms. The second-order valence-electron chi connectivity index (χ2n) is 5.68. The lowest BCUT2D eigenvalue weighted by Crippen LogP contribution is -2.24. The average molecular weight is 348 g/mol. The third kappa shape index (κ3) is 2.92. The number of para-hydroxylation sites is 1. The fraction of sp³-hybridized carbons (Fsp3) is 0.0500. The fourth-order valence-electron chi connectivity index (χ4n) is 2.84. The van der Waals surface area contributed by atoms with Gasteiger partial charge in [-0.1, -0.05) is 41.9 Å². The van der Waals surface area contributed by atoms with Gasteiger partial charge in [0.15, 0.2) is 0 Å². The number of halogens is 1. The SMILES string of the molecule is O=c1c2ccccc2nc(-c2ccccc2Cl)n1Cc1cccnc1. The topological polar surface area (TPSA) is 47.8 Å². The maximum absolute atomic E-state index is 13.1. The smallest absolute Gasteiger partial charge is 0.261 e. The molecule has 2 aromatic heterocycles. The molecule has 0 amide bonds. The third-order valence-corrected chi connectivity index (χ3v) is 4.37. The lowest BCUT2D eigenvalue weighted by molar-refractivity contribution is 0.756. The van der Waals surface area contributed by atoms with Crippen LogP contribution in [0.3, 0.4) is 0 Å². The Balaban J connectivity index is 2.01. The van der Waals surface area contributed by atoms with Crippen molar-refractivity contribution in [3.8, 4) is 11.4 Å². The van der Waals surface area contributed by atoms with Crippen LogP contribution in [0.1, 0.15) is 5.56 Å². The van der Waals surface area contributed by atoms with Gasteiger partial charge in [0.2, 0.25) is 0 Å². The van der Waals surface area contributed by atoms with Crippen LogP contribution in [0.25, 0.3) is 22.3 Å². The quantitative estimate of drug-likeness (QED) is 0.559. The highest BCUT2D eigenvalue weighted by atomic mass is 35.5. The van der Waals surface area contributed by atoms with E-state index in [0.717, 1.165) is 11.1 Å². The number of nitrogens with zero attached hydrogens (tertiary/aromatic N) is 3. The number of hydrogen-bond acceptors (Lipinski definition) is 3. The highest BCUT2D eigenvalue weighted by molar-refractivity contribution is 6.33. The first kappa shape index (κ1) is 15.5. The van der Waals surface area contributed by atoms with Gasteiger partial charge < -0.3 is 0 Å². The van der Waals surface area contributed by atoms with Crippen LogP contribution in [0.4, 0.5) is 0 Å². The summed E-state index contributed by atoms with van der Waals surface area (Å²) < 4.78 is 1.65. The van der Waals surface area contributed by atoms with E-state index in [4.69, 9.17) is 16.6 Å². The first-order valence-electron chi connectivity index (χ1n) is 7.87. The van der Waals surface area contributed by atoms with Crippen molar-refractivity contribution in [2.75, 3.05) is 0 Å². The molecule has 0 saturated heterocycles. The molecule has 0 aliphatic heterocycles. The Labute approximate surface area is 149 Å². The Bertz CT molecular complexity index is 1110. The zero-order chi connectivity index (χ0) is 17.2. The number of pyridine rings is 1. The summed E-state index contributed by atoms with van der Waals surface area (Å²) in [4.78, 5) is 22.0. The summed E-state index contributed by atoms with van der Waals surface area (Å²) in [7, 11) is 0. The van der Waals surface area contributed by atoms with E-state index in [2.05, 4.69) is 4.98 Å². The molecule has 0 bridgehead atoms. The molecule has 2 heterocycles. The van der Waals surface area contributed by atoms with Crippen LogP contribution in [0.2, 0.25) is 5.02 Å². The van der Waals surface area contributed by atoms with E-state index < -0.39 is 0 Å². The van der Waals surface area contributed by atoms with Crippen molar-refractivity contribution >= 4 is 22.5 Å². The van der Waals surface area contributed by atoms with Crippen molar-refractivity contribution in [3.05, 3.63) is 94.0 Å². The summed E-state index contributed by atoms with van der Waals surface area (Å²) in [6, 6.07) is 18.5. The largest absolute Gasteiger partial charge is 0.288 e. The Morgan fingerprint density at radius 1 is 0.960 bits per heavy atom. The van der Waals surface area contributed by atoms with Gasteiger partial charge in [0.1, 0.15) is 5.82 Å². The summed E-state index contributed by atoms with van der Waals surface area (Å²) in [5.41, 5.74) is 2.22. The van der Waals surface area contributed by atoms with Crippen LogP contribution in [0, 0.1) is 0 Å². The van der Waals surface area contributed by atoms with E-state index in [0.29, 0.717) is 28.3 Å². The van der Waals surface area contributed by atoms with Gasteiger partial charge >= 0.3 is 0 Å². The van der Waals surface area contributed by atoms with Crippen molar-refractivity contribution in [1.29, 1.82) is 0 Å². The molecule has 4 rings (SSSR count). The van der Waals surface area contributed by atoms with Crippen molar-refractivity contribution in [3.63, 3.8) is 0 Å². The fourth-order valence-corrected chi connectivity index (χ4v) is 3.06. The van der Waals surface area contributed by atoms with Crippen LogP contribution < -0.4 is 5.56 Å². The predicted octanol–water partition coefficient (Wildman–Crippen LogP) is 4.16. The van der Waals surface area contributed by atoms with Crippen molar-refractivity contribution in [2.45, 2.75) is 6.54 Å². The summed E-state index contributed by atoms with van der Waals surface area (Å²) in [6.45, 7) is 0.380. The molecule has 0 N–H and O–H groups in total. The standard InChI is InChI=1S/C20H14ClN3O/c21-17-9-3-1-7-15(17)19-23-18-10-4-2-8-16(18)20(25)24(19)13-14-6-5-11-22-12-14/h1-12H,13H2.